The molecule has 0 aliphatic rings. The molecule has 2 N–H and O–H groups in total. The summed E-state index contributed by atoms with van der Waals surface area (Å²) >= 11 is 3.44. The van der Waals surface area contributed by atoms with Crippen molar-refractivity contribution in [1.29, 1.82) is 0 Å². The summed E-state index contributed by atoms with van der Waals surface area (Å²) in [7, 11) is 2.05. The smallest absolute Gasteiger partial charge is 0.0380 e. The quantitative estimate of drug-likeness (QED) is 0.882. The molecule has 0 aromatic heterocycles. The number of halogens is 1. The molecule has 0 amide bonds. The van der Waals surface area contributed by atoms with Crippen LogP contribution in [-0.2, 0) is 0 Å². The van der Waals surface area contributed by atoms with E-state index in [9.17, 15) is 0 Å². The van der Waals surface area contributed by atoms with Crippen molar-refractivity contribution < 1.29 is 0 Å². The molecular formula is C10H15BrN2. The lowest BCUT2D eigenvalue weighted by atomic mass is 10.2. The van der Waals surface area contributed by atoms with Crippen molar-refractivity contribution in [1.82, 2.24) is 0 Å². The number of nitrogens with zero attached hydrogens (tertiary/aromatic N) is 1. The standard InChI is InChI=1S/C10H15BrN2/c1-8(7-12)13(2)10-5-3-4-9(11)6-10/h3-6,8H,7,12H2,1-2H3. The fraction of sp³-hybridized carbons (Fsp3) is 0.400. The normalized spacial score (nSPS) is 12.6. The van der Waals surface area contributed by atoms with Crippen molar-refractivity contribution >= 4 is 21.6 Å². The lowest BCUT2D eigenvalue weighted by Crippen LogP contribution is -2.35. The molecule has 13 heavy (non-hydrogen) atoms. The molecule has 0 aliphatic heterocycles. The van der Waals surface area contributed by atoms with Crippen LogP contribution in [0.1, 0.15) is 6.92 Å². The van der Waals surface area contributed by atoms with E-state index in [0.717, 1.165) is 4.47 Å². The van der Waals surface area contributed by atoms with E-state index < -0.39 is 0 Å². The number of anilines is 1. The number of benzene rings is 1. The Labute approximate surface area is 87.9 Å². The molecule has 0 fully saturated rings. The van der Waals surface area contributed by atoms with Crippen molar-refractivity contribution in [3.63, 3.8) is 0 Å². The molecule has 1 atom stereocenters. The molecule has 2 nitrogen and oxygen atoms in total. The maximum absolute atomic E-state index is 5.59. The molecule has 0 radical (unpaired) electrons. The fourth-order valence-corrected chi connectivity index (χ4v) is 1.50. The van der Waals surface area contributed by atoms with Gasteiger partial charge in [0.15, 0.2) is 0 Å². The van der Waals surface area contributed by atoms with Gasteiger partial charge in [0.25, 0.3) is 0 Å². The minimum atomic E-state index is 0.370. The van der Waals surface area contributed by atoms with E-state index in [1.54, 1.807) is 0 Å². The van der Waals surface area contributed by atoms with Crippen molar-refractivity contribution in [2.24, 2.45) is 5.73 Å². The monoisotopic (exact) mass is 242 g/mol. The van der Waals surface area contributed by atoms with Gasteiger partial charge < -0.3 is 10.6 Å². The van der Waals surface area contributed by atoms with Gasteiger partial charge in [0.1, 0.15) is 0 Å². The third-order valence-corrected chi connectivity index (χ3v) is 2.71. The van der Waals surface area contributed by atoms with Crippen LogP contribution >= 0.6 is 15.9 Å². The van der Waals surface area contributed by atoms with Crippen LogP contribution in [0.4, 0.5) is 5.69 Å². The molecule has 0 saturated carbocycles. The summed E-state index contributed by atoms with van der Waals surface area (Å²) in [6.07, 6.45) is 0. The van der Waals surface area contributed by atoms with E-state index in [1.807, 2.05) is 12.1 Å². The first-order valence-electron chi connectivity index (χ1n) is 4.33. The minimum Gasteiger partial charge on any atom is -0.371 e. The van der Waals surface area contributed by atoms with Gasteiger partial charge in [-0.25, -0.2) is 0 Å². The van der Waals surface area contributed by atoms with Crippen LogP contribution in [0.15, 0.2) is 28.7 Å². The zero-order valence-electron chi connectivity index (χ0n) is 8.00. The van der Waals surface area contributed by atoms with Crippen molar-refractivity contribution in [3.8, 4) is 0 Å². The molecule has 0 heterocycles. The van der Waals surface area contributed by atoms with Crippen LogP contribution in [-0.4, -0.2) is 19.6 Å². The Morgan fingerprint density at radius 2 is 2.23 bits per heavy atom. The molecule has 72 valence electrons. The number of hydrogen-bond acceptors (Lipinski definition) is 2. The molecule has 1 aromatic carbocycles. The second-order valence-electron chi connectivity index (χ2n) is 3.18. The maximum atomic E-state index is 5.59. The van der Waals surface area contributed by atoms with Crippen molar-refractivity contribution in [2.45, 2.75) is 13.0 Å². The highest BCUT2D eigenvalue weighted by atomic mass is 79.9. The van der Waals surface area contributed by atoms with Crippen LogP contribution in [0.2, 0.25) is 0 Å². The Morgan fingerprint density at radius 1 is 1.54 bits per heavy atom. The van der Waals surface area contributed by atoms with Crippen LogP contribution in [0.25, 0.3) is 0 Å². The van der Waals surface area contributed by atoms with E-state index in [4.69, 9.17) is 5.73 Å². The third kappa shape index (κ3) is 2.71. The highest BCUT2D eigenvalue weighted by Crippen LogP contribution is 2.19. The van der Waals surface area contributed by atoms with E-state index in [0.29, 0.717) is 12.6 Å². The predicted molar refractivity (Wildman–Crippen MR) is 61.1 cm³/mol. The molecule has 1 rings (SSSR count). The van der Waals surface area contributed by atoms with Gasteiger partial charge in [-0.2, -0.15) is 0 Å². The second-order valence-corrected chi connectivity index (χ2v) is 4.09. The number of nitrogens with two attached hydrogens (primary N) is 1. The molecule has 0 spiro atoms. The Balaban J connectivity index is 2.82. The summed E-state index contributed by atoms with van der Waals surface area (Å²) in [5, 5.41) is 0. The van der Waals surface area contributed by atoms with Gasteiger partial charge in [-0.15, -0.1) is 0 Å². The van der Waals surface area contributed by atoms with E-state index in [1.165, 1.54) is 5.69 Å². The Morgan fingerprint density at radius 3 is 2.77 bits per heavy atom. The highest BCUT2D eigenvalue weighted by Gasteiger charge is 2.07. The van der Waals surface area contributed by atoms with Gasteiger partial charge in [-0.3, -0.25) is 0 Å². The summed E-state index contributed by atoms with van der Waals surface area (Å²) in [5.41, 5.74) is 6.78. The lowest BCUT2D eigenvalue weighted by molar-refractivity contribution is 0.695. The maximum Gasteiger partial charge on any atom is 0.0380 e. The average Bonchev–Trinajstić information content (AvgIpc) is 2.15. The van der Waals surface area contributed by atoms with Gasteiger partial charge in [-0.1, -0.05) is 22.0 Å². The Hall–Kier alpha value is -0.540. The van der Waals surface area contributed by atoms with Crippen LogP contribution in [0, 0.1) is 0 Å². The molecular weight excluding hydrogens is 228 g/mol. The average molecular weight is 243 g/mol. The molecule has 0 saturated heterocycles. The first-order chi connectivity index (χ1) is 6.15. The zero-order chi connectivity index (χ0) is 9.84. The summed E-state index contributed by atoms with van der Waals surface area (Å²) in [6, 6.07) is 8.58. The third-order valence-electron chi connectivity index (χ3n) is 2.22. The fourth-order valence-electron chi connectivity index (χ4n) is 1.11. The Kier molecular flexibility index (Phi) is 3.75. The summed E-state index contributed by atoms with van der Waals surface area (Å²) in [5.74, 6) is 0. The second kappa shape index (κ2) is 4.63. The van der Waals surface area contributed by atoms with Gasteiger partial charge in [0.05, 0.1) is 0 Å². The zero-order valence-corrected chi connectivity index (χ0v) is 9.58. The molecule has 3 heteroatoms. The molecule has 0 aliphatic carbocycles. The molecule has 0 bridgehead atoms. The van der Waals surface area contributed by atoms with Gasteiger partial charge in [-0.05, 0) is 25.1 Å². The van der Waals surface area contributed by atoms with Crippen LogP contribution in [0.5, 0.6) is 0 Å². The number of likely N-dealkylation sites (N-methyl/N-ethyl adjacent to an activating group) is 1. The van der Waals surface area contributed by atoms with Crippen molar-refractivity contribution in [2.75, 3.05) is 18.5 Å². The number of hydrogen-bond donors (Lipinski definition) is 1. The predicted octanol–water partition coefficient (Wildman–Crippen LogP) is 2.23. The SMILES string of the molecule is CC(CN)N(C)c1cccc(Br)c1. The van der Waals surface area contributed by atoms with Crippen LogP contribution < -0.4 is 10.6 Å². The van der Waals surface area contributed by atoms with Crippen molar-refractivity contribution in [3.05, 3.63) is 28.7 Å². The van der Waals surface area contributed by atoms with E-state index in [2.05, 4.69) is 46.9 Å². The summed E-state index contributed by atoms with van der Waals surface area (Å²) in [4.78, 5) is 2.17. The first-order valence-corrected chi connectivity index (χ1v) is 5.13. The molecule has 1 unspecified atom stereocenters. The van der Waals surface area contributed by atoms with Crippen LogP contribution in [0.3, 0.4) is 0 Å². The molecule has 1 aromatic rings. The summed E-state index contributed by atoms with van der Waals surface area (Å²) < 4.78 is 1.10. The number of rotatable bonds is 3. The highest BCUT2D eigenvalue weighted by molar-refractivity contribution is 9.10. The van der Waals surface area contributed by atoms with E-state index in [-0.39, 0.29) is 0 Å². The van der Waals surface area contributed by atoms with E-state index >= 15 is 0 Å². The minimum absolute atomic E-state index is 0.370. The summed E-state index contributed by atoms with van der Waals surface area (Å²) in [6.45, 7) is 2.78. The van der Waals surface area contributed by atoms with Gasteiger partial charge in [0, 0.05) is 29.8 Å². The van der Waals surface area contributed by atoms with Gasteiger partial charge >= 0.3 is 0 Å². The lowest BCUT2D eigenvalue weighted by Gasteiger charge is -2.25. The topological polar surface area (TPSA) is 29.3 Å². The Bertz CT molecular complexity index is 275. The van der Waals surface area contributed by atoms with Gasteiger partial charge in [0.2, 0.25) is 0 Å². The largest absolute Gasteiger partial charge is 0.371 e. The first kappa shape index (κ1) is 10.5.